The van der Waals surface area contributed by atoms with E-state index in [1.54, 1.807) is 12.1 Å². The number of fused-ring (bicyclic) bond motifs is 5. The van der Waals surface area contributed by atoms with Crippen molar-refractivity contribution in [2.75, 3.05) is 4.90 Å². The van der Waals surface area contributed by atoms with Gasteiger partial charge in [-0.3, -0.25) is 14.4 Å². The van der Waals surface area contributed by atoms with Gasteiger partial charge in [0.1, 0.15) is 0 Å². The van der Waals surface area contributed by atoms with E-state index in [0.717, 1.165) is 33.4 Å². The van der Waals surface area contributed by atoms with Crippen LogP contribution in [0.2, 0.25) is 0 Å². The lowest BCUT2D eigenvalue weighted by Gasteiger charge is -2.39. The average molecular weight is 558 g/mol. The molecule has 2 amide bonds. The summed E-state index contributed by atoms with van der Waals surface area (Å²) in [5.74, 6) is -2.62. The lowest BCUT2D eigenvalue weighted by Crippen LogP contribution is -2.45. The van der Waals surface area contributed by atoms with Crippen LogP contribution in [-0.2, 0) is 25.2 Å². The molecule has 0 N–H and O–H groups in total. The Morgan fingerprint density at radius 2 is 0.744 bits per heavy atom. The fraction of sp³-hybridized carbons (Fsp3) is 0.103. The predicted molar refractivity (Wildman–Crippen MR) is 167 cm³/mol. The number of imide groups is 1. The molecule has 4 nitrogen and oxygen atoms in total. The van der Waals surface area contributed by atoms with Crippen LogP contribution in [0.15, 0.2) is 152 Å². The summed E-state index contributed by atoms with van der Waals surface area (Å²) in [4.78, 5) is 46.8. The first kappa shape index (κ1) is 25.4. The van der Waals surface area contributed by atoms with Crippen LogP contribution >= 0.6 is 0 Å². The number of allylic oxidation sites excluding steroid dienone is 2. The van der Waals surface area contributed by atoms with Crippen molar-refractivity contribution in [2.24, 2.45) is 11.8 Å². The summed E-state index contributed by atoms with van der Waals surface area (Å²) in [5, 5.41) is 0. The molecule has 2 fully saturated rings. The van der Waals surface area contributed by atoms with Crippen LogP contribution in [-0.4, -0.2) is 17.6 Å². The van der Waals surface area contributed by atoms with Gasteiger partial charge >= 0.3 is 0 Å². The van der Waals surface area contributed by atoms with E-state index in [9.17, 15) is 9.59 Å². The average Bonchev–Trinajstić information content (AvgIpc) is 3.59. The second-order valence-corrected chi connectivity index (χ2v) is 11.5. The molecule has 43 heavy (non-hydrogen) atoms. The Bertz CT molecular complexity index is 1800. The minimum atomic E-state index is -1.38. The summed E-state index contributed by atoms with van der Waals surface area (Å²) in [7, 11) is 0. The molecule has 0 aromatic heterocycles. The quantitative estimate of drug-likeness (QED) is 0.222. The summed E-state index contributed by atoms with van der Waals surface area (Å²) in [6, 6.07) is 48.1. The number of amides is 2. The maximum absolute atomic E-state index is 15.8. The van der Waals surface area contributed by atoms with E-state index in [2.05, 4.69) is 0 Å². The first-order chi connectivity index (χ1) is 21.1. The molecule has 4 atom stereocenters. The molecule has 2 aliphatic carbocycles. The third-order valence-electron chi connectivity index (χ3n) is 9.59. The zero-order chi connectivity index (χ0) is 29.2. The molecule has 5 aromatic carbocycles. The van der Waals surface area contributed by atoms with Crippen LogP contribution in [0.1, 0.15) is 22.3 Å². The van der Waals surface area contributed by atoms with Gasteiger partial charge in [-0.2, -0.15) is 0 Å². The van der Waals surface area contributed by atoms with Gasteiger partial charge in [-0.05, 0) is 45.5 Å². The number of hydrogen-bond donors (Lipinski definition) is 0. The van der Waals surface area contributed by atoms with Gasteiger partial charge in [-0.25, -0.2) is 4.90 Å². The fourth-order valence-electron chi connectivity index (χ4n) is 8.17. The SMILES string of the molecule is O=C1[C@@H]2[C@@H](C(=O)N1c1ccccc1)[C@@]1(c3ccccc3)C(=O)[C@@]2(c2ccccc2)C(c2ccccc2)=C1c1ccccc1. The molecule has 5 aromatic rings. The van der Waals surface area contributed by atoms with Crippen LogP contribution in [0.4, 0.5) is 5.69 Å². The number of nitrogens with zero attached hydrogens (tertiary/aromatic N) is 1. The van der Waals surface area contributed by atoms with Crippen molar-refractivity contribution in [3.8, 4) is 0 Å². The number of carbonyl (C=O) groups is 3. The van der Waals surface area contributed by atoms with E-state index >= 15 is 4.79 Å². The van der Waals surface area contributed by atoms with Crippen molar-refractivity contribution >= 4 is 34.4 Å². The third-order valence-corrected chi connectivity index (χ3v) is 9.59. The van der Waals surface area contributed by atoms with Gasteiger partial charge in [0.15, 0.2) is 5.78 Å². The smallest absolute Gasteiger partial charge is 0.239 e. The molecule has 4 heteroatoms. The minimum Gasteiger partial charge on any atom is -0.297 e. The van der Waals surface area contributed by atoms with Gasteiger partial charge in [0, 0.05) is 0 Å². The van der Waals surface area contributed by atoms with Crippen LogP contribution < -0.4 is 4.90 Å². The number of carbonyl (C=O) groups excluding carboxylic acids is 3. The summed E-state index contributed by atoms with van der Waals surface area (Å²) in [6.07, 6.45) is 0. The topological polar surface area (TPSA) is 54.5 Å². The highest BCUT2D eigenvalue weighted by Crippen LogP contribution is 2.74. The van der Waals surface area contributed by atoms with Gasteiger partial charge in [0.05, 0.1) is 28.4 Å². The standard InChI is InChI=1S/C39H27NO3/c41-35-33-34(36(42)40(35)30-24-14-5-15-25-30)39(29-22-12-4-13-23-29)32(27-18-8-2-9-19-27)31(26-16-6-1-7-17-26)38(33,37(39)43)28-20-10-3-11-21-28/h1-25,33-34H/t33-,34-,38-,39-/m0/s1. The van der Waals surface area contributed by atoms with Crippen LogP contribution in [0.3, 0.4) is 0 Å². The van der Waals surface area contributed by atoms with Crippen molar-refractivity contribution in [3.63, 3.8) is 0 Å². The first-order valence-corrected chi connectivity index (χ1v) is 14.6. The molecule has 1 saturated heterocycles. The van der Waals surface area contributed by atoms with Gasteiger partial charge in [-0.1, -0.05) is 140 Å². The molecular formula is C39H27NO3. The Morgan fingerprint density at radius 1 is 0.419 bits per heavy atom. The van der Waals surface area contributed by atoms with E-state index in [4.69, 9.17) is 0 Å². The number of Topliss-reactive ketones (excluding diaryl/α,β-unsaturated/α-hetero) is 1. The number of hydrogen-bond acceptors (Lipinski definition) is 3. The Morgan fingerprint density at radius 3 is 1.12 bits per heavy atom. The van der Waals surface area contributed by atoms with Gasteiger partial charge in [0.25, 0.3) is 0 Å². The molecule has 1 saturated carbocycles. The molecule has 3 aliphatic rings. The van der Waals surface area contributed by atoms with Gasteiger partial charge < -0.3 is 0 Å². The van der Waals surface area contributed by atoms with E-state index in [1.165, 1.54) is 4.90 Å². The largest absolute Gasteiger partial charge is 0.297 e. The Hall–Kier alpha value is -5.35. The highest BCUT2D eigenvalue weighted by atomic mass is 16.2. The predicted octanol–water partition coefficient (Wildman–Crippen LogP) is 6.88. The molecule has 8 rings (SSSR count). The fourth-order valence-corrected chi connectivity index (χ4v) is 8.17. The zero-order valence-electron chi connectivity index (χ0n) is 23.3. The van der Waals surface area contributed by atoms with Crippen molar-refractivity contribution < 1.29 is 14.4 Å². The monoisotopic (exact) mass is 557 g/mol. The third kappa shape index (κ3) is 3.13. The Kier molecular flexibility index (Phi) is 5.51. The maximum atomic E-state index is 15.8. The summed E-state index contributed by atoms with van der Waals surface area (Å²) in [6.45, 7) is 0. The van der Waals surface area contributed by atoms with Crippen LogP contribution in [0.25, 0.3) is 11.1 Å². The van der Waals surface area contributed by atoms with Crippen molar-refractivity contribution in [1.29, 1.82) is 0 Å². The zero-order valence-corrected chi connectivity index (χ0v) is 23.3. The second-order valence-electron chi connectivity index (χ2n) is 11.5. The lowest BCUT2D eigenvalue weighted by molar-refractivity contribution is -0.130. The number of rotatable bonds is 5. The maximum Gasteiger partial charge on any atom is 0.239 e. The van der Waals surface area contributed by atoms with Gasteiger partial charge in [0.2, 0.25) is 11.8 Å². The summed E-state index contributed by atoms with van der Waals surface area (Å²) >= 11 is 0. The molecule has 2 bridgehead atoms. The van der Waals surface area contributed by atoms with E-state index in [0.29, 0.717) is 5.69 Å². The number of ketones is 1. The number of anilines is 1. The highest BCUT2D eigenvalue weighted by Gasteiger charge is 2.82. The summed E-state index contributed by atoms with van der Waals surface area (Å²) < 4.78 is 0. The van der Waals surface area contributed by atoms with E-state index in [-0.39, 0.29) is 17.6 Å². The van der Waals surface area contributed by atoms with Crippen LogP contribution in [0, 0.1) is 11.8 Å². The van der Waals surface area contributed by atoms with Crippen molar-refractivity contribution in [3.05, 3.63) is 174 Å². The number of para-hydroxylation sites is 1. The molecular weight excluding hydrogens is 530 g/mol. The highest BCUT2D eigenvalue weighted by molar-refractivity contribution is 6.39. The van der Waals surface area contributed by atoms with E-state index < -0.39 is 22.7 Å². The van der Waals surface area contributed by atoms with Crippen molar-refractivity contribution in [2.45, 2.75) is 10.8 Å². The van der Waals surface area contributed by atoms with Crippen LogP contribution in [0.5, 0.6) is 0 Å². The summed E-state index contributed by atoms with van der Waals surface area (Å²) in [5.41, 5.74) is 2.56. The molecule has 0 radical (unpaired) electrons. The lowest BCUT2D eigenvalue weighted by atomic mass is 9.59. The normalized spacial score (nSPS) is 25.9. The molecule has 1 heterocycles. The Balaban J connectivity index is 1.57. The van der Waals surface area contributed by atoms with Gasteiger partial charge in [-0.15, -0.1) is 0 Å². The first-order valence-electron chi connectivity index (χ1n) is 14.6. The second kappa shape index (κ2) is 9.33. The number of benzene rings is 5. The molecule has 206 valence electrons. The Labute approximate surface area is 249 Å². The van der Waals surface area contributed by atoms with E-state index in [1.807, 2.05) is 140 Å². The molecule has 0 spiro atoms. The molecule has 1 aliphatic heterocycles. The molecule has 0 unspecified atom stereocenters. The minimum absolute atomic E-state index is 0.112. The van der Waals surface area contributed by atoms with Crippen molar-refractivity contribution in [1.82, 2.24) is 0 Å².